The molecule has 0 bridgehead atoms. The van der Waals surface area contributed by atoms with Gasteiger partial charge in [0.05, 0.1) is 12.2 Å². The predicted octanol–water partition coefficient (Wildman–Crippen LogP) is 0.501. The Balaban J connectivity index is 1.94. The highest BCUT2D eigenvalue weighted by atomic mass is 16.6. The Hall–Kier alpha value is -1.54. The molecule has 4 aliphatic carbocycles. The third kappa shape index (κ3) is 2.17. The molecule has 0 aromatic carbocycles. The fourth-order valence-electron chi connectivity index (χ4n) is 6.87. The van der Waals surface area contributed by atoms with Crippen LogP contribution in [0.5, 0.6) is 0 Å². The summed E-state index contributed by atoms with van der Waals surface area (Å²) in [7, 11) is 0. The second-order valence-electron chi connectivity index (χ2n) is 9.98. The zero-order chi connectivity index (χ0) is 21.7. The summed E-state index contributed by atoms with van der Waals surface area (Å²) < 4.78 is 5.80. The second kappa shape index (κ2) is 5.78. The lowest BCUT2D eigenvalue weighted by molar-refractivity contribution is -0.197. The molecular formula is C22H30O7. The van der Waals surface area contributed by atoms with Crippen molar-refractivity contribution in [1.82, 2.24) is 0 Å². The number of carbonyl (C=O) groups is 2. The van der Waals surface area contributed by atoms with Gasteiger partial charge in [0.25, 0.3) is 0 Å². The molecule has 4 aliphatic rings. The van der Waals surface area contributed by atoms with Gasteiger partial charge in [-0.2, -0.15) is 0 Å². The highest BCUT2D eigenvalue weighted by molar-refractivity contribution is 6.05. The summed E-state index contributed by atoms with van der Waals surface area (Å²) in [6.07, 6.45) is 1.90. The first-order valence-corrected chi connectivity index (χ1v) is 10.2. The molecule has 0 heterocycles. The van der Waals surface area contributed by atoms with E-state index in [4.69, 9.17) is 4.74 Å². The molecule has 0 saturated heterocycles. The second-order valence-corrected chi connectivity index (χ2v) is 9.98. The van der Waals surface area contributed by atoms with E-state index in [2.05, 4.69) is 0 Å². The van der Waals surface area contributed by atoms with E-state index in [0.717, 1.165) is 0 Å². The Morgan fingerprint density at radius 3 is 2.45 bits per heavy atom. The van der Waals surface area contributed by atoms with Crippen LogP contribution in [0, 0.1) is 29.1 Å². The normalized spacial score (nSPS) is 49.8. The van der Waals surface area contributed by atoms with E-state index in [-0.39, 0.29) is 17.1 Å². The first kappa shape index (κ1) is 20.7. The van der Waals surface area contributed by atoms with E-state index in [1.165, 1.54) is 6.92 Å². The van der Waals surface area contributed by atoms with E-state index in [0.29, 0.717) is 6.42 Å². The van der Waals surface area contributed by atoms with Crippen molar-refractivity contribution in [2.24, 2.45) is 29.1 Å². The number of aliphatic hydroxyl groups excluding tert-OH is 2. The van der Waals surface area contributed by atoms with Gasteiger partial charge in [-0.25, -0.2) is 0 Å². The molecule has 29 heavy (non-hydrogen) atoms. The maximum atomic E-state index is 12.9. The van der Waals surface area contributed by atoms with Gasteiger partial charge in [0, 0.05) is 30.1 Å². The van der Waals surface area contributed by atoms with Crippen molar-refractivity contribution in [3.05, 3.63) is 23.3 Å². The number of aliphatic hydroxyl groups is 4. The van der Waals surface area contributed by atoms with Crippen molar-refractivity contribution in [2.45, 2.75) is 63.9 Å². The summed E-state index contributed by atoms with van der Waals surface area (Å²) in [5, 5.41) is 44.3. The highest BCUT2D eigenvalue weighted by Crippen LogP contribution is 2.76. The minimum Gasteiger partial charge on any atom is -0.458 e. The summed E-state index contributed by atoms with van der Waals surface area (Å²) in [6, 6.07) is 0. The smallest absolute Gasteiger partial charge is 0.303 e. The summed E-state index contributed by atoms with van der Waals surface area (Å²) in [5.74, 6) is -3.42. The van der Waals surface area contributed by atoms with Crippen LogP contribution in [0.3, 0.4) is 0 Å². The van der Waals surface area contributed by atoms with Crippen molar-refractivity contribution < 1.29 is 34.8 Å². The minimum atomic E-state index is -2.24. The van der Waals surface area contributed by atoms with Crippen LogP contribution in [0.1, 0.15) is 41.0 Å². The van der Waals surface area contributed by atoms with Crippen LogP contribution >= 0.6 is 0 Å². The summed E-state index contributed by atoms with van der Waals surface area (Å²) in [4.78, 5) is 24.7. The van der Waals surface area contributed by atoms with Gasteiger partial charge in [-0.15, -0.1) is 0 Å². The molecule has 8 atom stereocenters. The molecule has 7 heteroatoms. The Morgan fingerprint density at radius 2 is 1.90 bits per heavy atom. The molecule has 0 aliphatic heterocycles. The summed E-state index contributed by atoms with van der Waals surface area (Å²) in [6.45, 7) is 8.12. The van der Waals surface area contributed by atoms with E-state index in [1.54, 1.807) is 19.1 Å². The fourth-order valence-corrected chi connectivity index (χ4v) is 6.87. The molecule has 2 saturated carbocycles. The van der Waals surface area contributed by atoms with Crippen LogP contribution in [-0.2, 0) is 14.3 Å². The summed E-state index contributed by atoms with van der Waals surface area (Å²) in [5.41, 5.74) is -4.64. The van der Waals surface area contributed by atoms with Crippen molar-refractivity contribution in [3.8, 4) is 0 Å². The van der Waals surface area contributed by atoms with Gasteiger partial charge in [0.15, 0.2) is 11.4 Å². The third-order valence-electron chi connectivity index (χ3n) is 8.36. The number of hydrogen-bond donors (Lipinski definition) is 4. The maximum Gasteiger partial charge on any atom is 0.303 e. The van der Waals surface area contributed by atoms with Gasteiger partial charge in [0.1, 0.15) is 11.7 Å². The van der Waals surface area contributed by atoms with Gasteiger partial charge in [0.2, 0.25) is 0 Å². The van der Waals surface area contributed by atoms with Crippen LogP contribution in [0.4, 0.5) is 0 Å². The van der Waals surface area contributed by atoms with Crippen molar-refractivity contribution in [3.63, 3.8) is 0 Å². The fraction of sp³-hybridized carbons (Fsp3) is 0.727. The molecule has 7 nitrogen and oxygen atoms in total. The number of rotatable bonds is 2. The van der Waals surface area contributed by atoms with Crippen molar-refractivity contribution >= 4 is 11.8 Å². The largest absolute Gasteiger partial charge is 0.458 e. The van der Waals surface area contributed by atoms with Gasteiger partial charge in [-0.1, -0.05) is 32.9 Å². The number of ether oxygens (including phenoxy) is 1. The van der Waals surface area contributed by atoms with Crippen LogP contribution in [0.15, 0.2) is 23.3 Å². The van der Waals surface area contributed by atoms with Gasteiger partial charge in [-0.05, 0) is 30.4 Å². The molecule has 8 unspecified atom stereocenters. The molecule has 4 rings (SSSR count). The first-order chi connectivity index (χ1) is 13.3. The Kier molecular flexibility index (Phi) is 4.13. The van der Waals surface area contributed by atoms with Crippen LogP contribution < -0.4 is 0 Å². The Morgan fingerprint density at radius 1 is 1.28 bits per heavy atom. The molecular weight excluding hydrogens is 376 g/mol. The molecule has 0 radical (unpaired) electrons. The van der Waals surface area contributed by atoms with E-state index in [1.807, 2.05) is 20.8 Å². The zero-order valence-electron chi connectivity index (χ0n) is 17.5. The standard InChI is InChI=1S/C22H30O7/c1-10-6-15-21(27)11(2)8-20(29-12(3)24)16(19(20,4)5)14(21)7-13(9-23)18(26)22(15,28)17(10)25/h6-7,11,14-16,18,23,26-28H,8-9H2,1-5H3. The molecule has 0 amide bonds. The Labute approximate surface area is 170 Å². The van der Waals surface area contributed by atoms with E-state index >= 15 is 0 Å². The quantitative estimate of drug-likeness (QED) is 0.389. The predicted molar refractivity (Wildman–Crippen MR) is 102 cm³/mol. The van der Waals surface area contributed by atoms with Crippen LogP contribution in [0.2, 0.25) is 0 Å². The highest BCUT2D eigenvalue weighted by Gasteiger charge is 2.83. The van der Waals surface area contributed by atoms with Crippen LogP contribution in [0.25, 0.3) is 0 Å². The van der Waals surface area contributed by atoms with Crippen molar-refractivity contribution in [2.75, 3.05) is 6.61 Å². The summed E-state index contributed by atoms with van der Waals surface area (Å²) >= 11 is 0. The van der Waals surface area contributed by atoms with Crippen LogP contribution in [-0.4, -0.2) is 61.7 Å². The molecule has 2 fully saturated rings. The van der Waals surface area contributed by atoms with Crippen molar-refractivity contribution in [1.29, 1.82) is 0 Å². The first-order valence-electron chi connectivity index (χ1n) is 10.2. The average Bonchev–Trinajstić information content (AvgIpc) is 3.00. The monoisotopic (exact) mass is 406 g/mol. The van der Waals surface area contributed by atoms with Gasteiger partial charge in [-0.3, -0.25) is 9.59 Å². The lowest BCUT2D eigenvalue weighted by atomic mass is 9.59. The number of hydrogen-bond acceptors (Lipinski definition) is 7. The van der Waals surface area contributed by atoms with Gasteiger partial charge >= 0.3 is 5.97 Å². The third-order valence-corrected chi connectivity index (χ3v) is 8.36. The molecule has 0 spiro atoms. The minimum absolute atomic E-state index is 0.100. The Bertz CT molecular complexity index is 857. The van der Waals surface area contributed by atoms with E-state index < -0.39 is 64.4 Å². The molecule has 0 aromatic rings. The average molecular weight is 406 g/mol. The van der Waals surface area contributed by atoms with Gasteiger partial charge < -0.3 is 25.2 Å². The van der Waals surface area contributed by atoms with E-state index in [9.17, 15) is 30.0 Å². The number of Topliss-reactive ketones (excluding diaryl/α,β-unsaturated/α-hetero) is 1. The lowest BCUT2D eigenvalue weighted by Gasteiger charge is -2.50. The molecule has 4 N–H and O–H groups in total. The molecule has 0 aromatic heterocycles. The lowest BCUT2D eigenvalue weighted by Crippen LogP contribution is -2.64. The number of ketones is 1. The topological polar surface area (TPSA) is 124 Å². The number of fused-ring (bicyclic) bond motifs is 5. The zero-order valence-corrected chi connectivity index (χ0v) is 17.5. The number of esters is 1. The maximum absolute atomic E-state index is 12.9. The SMILES string of the molecule is CC(=O)OC12CC(C)C3(O)C(C=C(CO)C(O)C4(O)C(=O)C(C)=CC43)C1C2(C)C. The number of carbonyl (C=O) groups excluding carboxylic acids is 2. The molecule has 160 valence electrons.